The minimum atomic E-state index is -5.16. The number of benzene rings is 1. The molecule has 1 aromatic carbocycles. The number of methoxy groups -OCH3 is 1. The standard InChI is InChI=1S/C40H49F4N5O10S/c1-23-6-4-5-7-26-17-39(26,35(52)47-60(55,56)37(21-41)10-11-37)46-33(50)30-16-28(59-27-9-8-25-18-45-19-31(57-3)29(25)15-27)20-48(30)34(51)32(24(2)14-23)49(36(53)54)38(40(42,43)44)12-13-58-22-38/h5,7-9,15,18-19,23-24,26,28,30,32H,4,6,10-14,16-17,20-22H2,1-3H3,(H,46,50)(H,47,52)(H,53,54)/t23-,24+,26+,28+,30-,32-,38?,39+/m0/s1. The Bertz CT molecular complexity index is 2160. The molecule has 2 saturated carbocycles. The largest absolute Gasteiger partial charge is 0.494 e. The predicted octanol–water partition coefficient (Wildman–Crippen LogP) is 4.50. The van der Waals surface area contributed by atoms with Crippen molar-refractivity contribution in [2.75, 3.05) is 33.5 Å². The van der Waals surface area contributed by atoms with Crippen LogP contribution >= 0.6 is 0 Å². The molecule has 1 unspecified atom stereocenters. The predicted molar refractivity (Wildman–Crippen MR) is 206 cm³/mol. The molecule has 8 atom stereocenters. The number of fused-ring (bicyclic) bond motifs is 3. The van der Waals surface area contributed by atoms with Gasteiger partial charge in [-0.1, -0.05) is 26.0 Å². The second kappa shape index (κ2) is 16.0. The van der Waals surface area contributed by atoms with E-state index in [0.717, 1.165) is 4.90 Å². The SMILES string of the molecule is COc1cncc2ccc(O[C@@H]3C[C@H]4C(=O)N[C@]5(C(=O)NS(=O)(=O)C6(CF)CC6)C[C@H]5C=CCC[C@H](C)C[C@@H](C)[C@H](N(C(=O)O)C5(C(F)(F)F)CCOC5)C(=O)N4C3)cc12. The smallest absolute Gasteiger partial charge is 0.414 e. The first-order valence-electron chi connectivity index (χ1n) is 20.0. The Morgan fingerprint density at radius 3 is 2.53 bits per heavy atom. The molecule has 3 N–H and O–H groups in total. The van der Waals surface area contributed by atoms with Crippen LogP contribution in [0.1, 0.15) is 65.2 Å². The molecule has 0 bridgehead atoms. The Balaban J connectivity index is 1.29. The van der Waals surface area contributed by atoms with Crippen LogP contribution in [0, 0.1) is 17.8 Å². The van der Waals surface area contributed by atoms with E-state index in [1.807, 2.05) is 11.6 Å². The molecule has 20 heteroatoms. The quantitative estimate of drug-likeness (QED) is 0.238. The van der Waals surface area contributed by atoms with Crippen molar-refractivity contribution in [1.82, 2.24) is 24.8 Å². The summed E-state index contributed by atoms with van der Waals surface area (Å²) in [7, 11) is -3.05. The molecule has 0 radical (unpaired) electrons. The molecule has 3 aliphatic heterocycles. The van der Waals surface area contributed by atoms with Crippen molar-refractivity contribution in [2.45, 2.75) is 105 Å². The lowest BCUT2D eigenvalue weighted by molar-refractivity contribution is -0.232. The van der Waals surface area contributed by atoms with E-state index in [-0.39, 0.29) is 55.2 Å². The first-order chi connectivity index (χ1) is 28.3. The summed E-state index contributed by atoms with van der Waals surface area (Å²) in [5.41, 5.74) is -4.92. The van der Waals surface area contributed by atoms with Gasteiger partial charge in [-0.15, -0.1) is 0 Å². The normalized spacial score (nSPS) is 31.9. The number of halogens is 4. The van der Waals surface area contributed by atoms with Gasteiger partial charge in [-0.25, -0.2) is 17.6 Å². The van der Waals surface area contributed by atoms with Gasteiger partial charge in [0.25, 0.3) is 5.91 Å². The van der Waals surface area contributed by atoms with Crippen molar-refractivity contribution < 1.29 is 64.5 Å². The summed E-state index contributed by atoms with van der Waals surface area (Å²) in [5, 5.41) is 14.7. The molecule has 60 heavy (non-hydrogen) atoms. The van der Waals surface area contributed by atoms with Gasteiger partial charge in [-0.2, -0.15) is 13.2 Å². The van der Waals surface area contributed by atoms with Gasteiger partial charge in [0.05, 0.1) is 26.5 Å². The highest BCUT2D eigenvalue weighted by atomic mass is 32.2. The van der Waals surface area contributed by atoms with Crippen LogP contribution in [0.3, 0.4) is 0 Å². The van der Waals surface area contributed by atoms with Crippen LogP contribution in [0.2, 0.25) is 0 Å². The molecule has 4 fully saturated rings. The monoisotopic (exact) mass is 867 g/mol. The van der Waals surface area contributed by atoms with E-state index in [4.69, 9.17) is 14.2 Å². The summed E-state index contributed by atoms with van der Waals surface area (Å²) >= 11 is 0. The highest BCUT2D eigenvalue weighted by molar-refractivity contribution is 7.91. The first-order valence-corrected chi connectivity index (χ1v) is 21.5. The van der Waals surface area contributed by atoms with Crippen molar-refractivity contribution >= 4 is 44.6 Å². The third-order valence-electron chi connectivity index (χ3n) is 12.9. The zero-order chi connectivity index (χ0) is 43.4. The van der Waals surface area contributed by atoms with Crippen molar-refractivity contribution in [3.8, 4) is 11.5 Å². The molecule has 2 aliphatic carbocycles. The number of rotatable bonds is 9. The average molecular weight is 868 g/mol. The molecular formula is C40H49F4N5O10S. The second-order valence-electron chi connectivity index (χ2n) is 17.0. The van der Waals surface area contributed by atoms with E-state index in [9.17, 15) is 32.3 Å². The number of hydrogen-bond acceptors (Lipinski definition) is 10. The number of allylic oxidation sites excluding steroid dienone is 1. The number of alkyl halides is 4. The molecule has 2 aromatic rings. The molecule has 328 valence electrons. The number of carboxylic acid groups (broad SMARTS) is 1. The molecule has 0 spiro atoms. The maximum Gasteiger partial charge on any atom is 0.414 e. The fraction of sp³-hybridized carbons (Fsp3) is 0.625. The van der Waals surface area contributed by atoms with Gasteiger partial charge in [0, 0.05) is 42.3 Å². The highest BCUT2D eigenvalue weighted by Crippen LogP contribution is 2.49. The summed E-state index contributed by atoms with van der Waals surface area (Å²) in [5.74, 6) is -4.33. The van der Waals surface area contributed by atoms with Gasteiger partial charge in [0.15, 0.2) is 5.54 Å². The van der Waals surface area contributed by atoms with E-state index in [2.05, 4.69) is 10.3 Å². The zero-order valence-electron chi connectivity index (χ0n) is 33.4. The number of carbonyl (C=O) groups is 4. The van der Waals surface area contributed by atoms with Crippen LogP contribution in [0.15, 0.2) is 42.7 Å². The summed E-state index contributed by atoms with van der Waals surface area (Å²) in [4.78, 5) is 62.2. The minimum absolute atomic E-state index is 0.00308. The van der Waals surface area contributed by atoms with Crippen molar-refractivity contribution in [3.63, 3.8) is 0 Å². The fourth-order valence-corrected chi connectivity index (χ4v) is 10.5. The number of aromatic nitrogens is 1. The van der Waals surface area contributed by atoms with Crippen molar-refractivity contribution in [2.24, 2.45) is 17.8 Å². The summed E-state index contributed by atoms with van der Waals surface area (Å²) in [6, 6.07) is 1.51. The lowest BCUT2D eigenvalue weighted by Gasteiger charge is -2.46. The van der Waals surface area contributed by atoms with Crippen LogP contribution in [-0.4, -0.2) is 126 Å². The van der Waals surface area contributed by atoms with Crippen molar-refractivity contribution in [3.05, 3.63) is 42.7 Å². The van der Waals surface area contributed by atoms with E-state index < -0.39 is 112 Å². The van der Waals surface area contributed by atoms with Crippen LogP contribution in [0.5, 0.6) is 11.5 Å². The van der Waals surface area contributed by atoms with E-state index >= 15 is 18.0 Å². The Labute approximate surface area is 344 Å². The topological polar surface area (TPSA) is 194 Å². The van der Waals surface area contributed by atoms with Crippen LogP contribution in [0.25, 0.3) is 10.8 Å². The number of hydrogen-bond donors (Lipinski definition) is 3. The Morgan fingerprint density at radius 2 is 1.90 bits per heavy atom. The Morgan fingerprint density at radius 1 is 1.15 bits per heavy atom. The third kappa shape index (κ3) is 7.73. The Kier molecular flexibility index (Phi) is 11.5. The average Bonchev–Trinajstić information content (AvgIpc) is 4.02. The highest BCUT2D eigenvalue weighted by Gasteiger charge is 2.67. The zero-order valence-corrected chi connectivity index (χ0v) is 34.2. The Hall–Kier alpha value is -4.72. The van der Waals surface area contributed by atoms with Crippen molar-refractivity contribution in [1.29, 1.82) is 0 Å². The summed E-state index contributed by atoms with van der Waals surface area (Å²) in [6.45, 7) is 0.298. The minimum Gasteiger partial charge on any atom is -0.494 e. The number of ether oxygens (including phenoxy) is 3. The molecule has 1 aromatic heterocycles. The van der Waals surface area contributed by atoms with Gasteiger partial charge >= 0.3 is 12.3 Å². The number of sulfonamides is 1. The van der Waals surface area contributed by atoms with Gasteiger partial charge in [0.2, 0.25) is 21.8 Å². The molecule has 5 aliphatic rings. The molecule has 15 nitrogen and oxygen atoms in total. The molecular weight excluding hydrogens is 819 g/mol. The lowest BCUT2D eigenvalue weighted by Crippen LogP contribution is -2.69. The van der Waals surface area contributed by atoms with Crippen LogP contribution in [-0.2, 0) is 29.1 Å². The maximum absolute atomic E-state index is 15.2. The van der Waals surface area contributed by atoms with Crippen LogP contribution < -0.4 is 19.5 Å². The van der Waals surface area contributed by atoms with Gasteiger partial charge in [-0.3, -0.25) is 29.0 Å². The van der Waals surface area contributed by atoms with Crippen LogP contribution in [0.4, 0.5) is 22.4 Å². The van der Waals surface area contributed by atoms with E-state index in [1.54, 1.807) is 36.5 Å². The number of nitrogens with zero attached hydrogens (tertiary/aromatic N) is 3. The van der Waals surface area contributed by atoms with Gasteiger partial charge < -0.3 is 29.5 Å². The lowest BCUT2D eigenvalue weighted by atomic mass is 9.84. The van der Waals surface area contributed by atoms with E-state index in [1.165, 1.54) is 20.2 Å². The first kappa shape index (κ1) is 43.4. The maximum atomic E-state index is 15.2. The number of pyridine rings is 1. The molecule has 2 saturated heterocycles. The molecule has 4 heterocycles. The fourth-order valence-electron chi connectivity index (χ4n) is 9.11. The number of amides is 4. The van der Waals surface area contributed by atoms with Gasteiger partial charge in [-0.05, 0) is 68.6 Å². The van der Waals surface area contributed by atoms with Gasteiger partial charge in [0.1, 0.15) is 46.6 Å². The second-order valence-corrected chi connectivity index (χ2v) is 19.1. The third-order valence-corrected chi connectivity index (χ3v) is 15.0. The summed E-state index contributed by atoms with van der Waals surface area (Å²) < 4.78 is 103. The van der Waals surface area contributed by atoms with E-state index in [0.29, 0.717) is 29.4 Å². The number of nitrogens with one attached hydrogen (secondary N) is 2. The number of carbonyl (C=O) groups excluding carboxylic acids is 3. The molecule has 4 amide bonds. The summed E-state index contributed by atoms with van der Waals surface area (Å²) in [6.07, 6.45) is -1.63. The molecule has 7 rings (SSSR count).